The highest BCUT2D eigenvalue weighted by atomic mass is 28.4. The Morgan fingerprint density at radius 3 is 2.58 bits per heavy atom. The summed E-state index contributed by atoms with van der Waals surface area (Å²) in [7, 11) is -1.97. The maximum Gasteiger partial charge on any atom is 0.404 e. The van der Waals surface area contributed by atoms with Crippen LogP contribution in [0.25, 0.3) is 17.2 Å². The molecular weight excluding hydrogens is 471 g/mol. The lowest BCUT2D eigenvalue weighted by Crippen LogP contribution is -2.45. The van der Waals surface area contributed by atoms with E-state index in [1.165, 1.54) is 12.1 Å². The molecule has 0 saturated heterocycles. The molecule has 0 spiro atoms. The SMILES string of the molecule is CC(C)(C)[Si](C)(C)O[C@@H]1C[C@@H]2CC(NC(=O)O)CC[C@H]2[C@@H]1C=Cc1ccc(-c2cccc(F)c2)cn1. The summed E-state index contributed by atoms with van der Waals surface area (Å²) in [6, 6.07) is 10.5. The maximum atomic E-state index is 13.6. The van der Waals surface area contributed by atoms with Gasteiger partial charge in [-0.15, -0.1) is 0 Å². The second kappa shape index (κ2) is 10.5. The van der Waals surface area contributed by atoms with Crippen LogP contribution in [0, 0.1) is 23.6 Å². The standard InChI is InChI=1S/C29H39FN2O3Si/c1-29(2,3)36(4,5)35-27-17-21-16-24(32-28(33)34)12-13-25(21)26(27)14-11-23-10-9-20(18-31-23)19-7-6-8-22(30)15-19/h6-11,14-15,18,21,24-27,32H,12-13,16-17H2,1-5H3,(H,33,34)/t21-,24?,25+,26-,27+/m0/s1. The van der Waals surface area contributed by atoms with E-state index < -0.39 is 14.4 Å². The Morgan fingerprint density at radius 1 is 1.17 bits per heavy atom. The van der Waals surface area contributed by atoms with Gasteiger partial charge in [-0.2, -0.15) is 0 Å². The van der Waals surface area contributed by atoms with Gasteiger partial charge in [0.25, 0.3) is 0 Å². The van der Waals surface area contributed by atoms with Crippen LogP contribution in [0.3, 0.4) is 0 Å². The molecule has 2 aromatic rings. The van der Waals surface area contributed by atoms with Crippen LogP contribution in [0.2, 0.25) is 18.1 Å². The summed E-state index contributed by atoms with van der Waals surface area (Å²) < 4.78 is 20.6. The molecule has 194 valence electrons. The lowest BCUT2D eigenvalue weighted by Gasteiger charge is -2.40. The zero-order valence-electron chi connectivity index (χ0n) is 22.0. The van der Waals surface area contributed by atoms with Crippen LogP contribution in [0.1, 0.15) is 52.1 Å². The van der Waals surface area contributed by atoms with Crippen LogP contribution < -0.4 is 5.32 Å². The fourth-order valence-corrected chi connectivity index (χ4v) is 6.97. The summed E-state index contributed by atoms with van der Waals surface area (Å²) in [6.07, 6.45) is 9.05. The first-order chi connectivity index (χ1) is 16.9. The Morgan fingerprint density at radius 2 is 1.94 bits per heavy atom. The minimum Gasteiger partial charge on any atom is -0.465 e. The van der Waals surface area contributed by atoms with Crippen LogP contribution in [-0.4, -0.2) is 36.6 Å². The molecule has 0 aliphatic heterocycles. The minimum absolute atomic E-state index is 0.0250. The number of hydrogen-bond donors (Lipinski definition) is 2. The summed E-state index contributed by atoms with van der Waals surface area (Å²) in [4.78, 5) is 15.8. The van der Waals surface area contributed by atoms with Crippen LogP contribution in [-0.2, 0) is 4.43 Å². The number of rotatable bonds is 6. The molecule has 1 heterocycles. The van der Waals surface area contributed by atoms with Gasteiger partial charge in [0.15, 0.2) is 8.32 Å². The molecule has 2 aliphatic carbocycles. The molecule has 4 rings (SSSR count). The van der Waals surface area contributed by atoms with Gasteiger partial charge in [0, 0.05) is 23.7 Å². The van der Waals surface area contributed by atoms with E-state index in [1.54, 1.807) is 12.3 Å². The van der Waals surface area contributed by atoms with E-state index >= 15 is 0 Å². The van der Waals surface area contributed by atoms with Crippen molar-refractivity contribution in [2.24, 2.45) is 17.8 Å². The van der Waals surface area contributed by atoms with Gasteiger partial charge in [0.1, 0.15) is 5.82 Å². The highest BCUT2D eigenvalue weighted by Crippen LogP contribution is 2.50. The van der Waals surface area contributed by atoms with Gasteiger partial charge in [-0.25, -0.2) is 9.18 Å². The van der Waals surface area contributed by atoms with E-state index in [4.69, 9.17) is 4.43 Å². The van der Waals surface area contributed by atoms with E-state index in [2.05, 4.69) is 56.3 Å². The van der Waals surface area contributed by atoms with Gasteiger partial charge in [0.2, 0.25) is 0 Å². The maximum absolute atomic E-state index is 13.6. The number of carboxylic acid groups (broad SMARTS) is 1. The quantitative estimate of drug-likeness (QED) is 0.398. The van der Waals surface area contributed by atoms with Crippen LogP contribution in [0.4, 0.5) is 9.18 Å². The molecule has 7 heteroatoms. The third-order valence-corrected chi connectivity index (χ3v) is 13.0. The summed E-state index contributed by atoms with van der Waals surface area (Å²) >= 11 is 0. The zero-order chi connectivity index (χ0) is 26.1. The number of halogens is 1. The molecule has 36 heavy (non-hydrogen) atoms. The van der Waals surface area contributed by atoms with E-state index in [-0.39, 0.29) is 28.9 Å². The predicted molar refractivity (Wildman–Crippen MR) is 145 cm³/mol. The molecule has 2 fully saturated rings. The summed E-state index contributed by atoms with van der Waals surface area (Å²) in [5.41, 5.74) is 2.56. The Bertz CT molecular complexity index is 1100. The third-order valence-electron chi connectivity index (χ3n) is 8.51. The van der Waals surface area contributed by atoms with Crippen molar-refractivity contribution in [3.8, 4) is 11.1 Å². The normalized spacial score (nSPS) is 26.7. The molecule has 0 bridgehead atoms. The first-order valence-electron chi connectivity index (χ1n) is 13.0. The molecule has 5 nitrogen and oxygen atoms in total. The summed E-state index contributed by atoms with van der Waals surface area (Å²) in [5.74, 6) is 0.950. The van der Waals surface area contributed by atoms with E-state index in [0.29, 0.717) is 11.8 Å². The van der Waals surface area contributed by atoms with Crippen molar-refractivity contribution in [2.75, 3.05) is 0 Å². The molecule has 2 saturated carbocycles. The van der Waals surface area contributed by atoms with Gasteiger partial charge >= 0.3 is 6.09 Å². The van der Waals surface area contributed by atoms with Crippen molar-refractivity contribution in [1.82, 2.24) is 10.3 Å². The first-order valence-corrected chi connectivity index (χ1v) is 15.9. The Hall–Kier alpha value is -2.51. The van der Waals surface area contributed by atoms with Gasteiger partial charge < -0.3 is 14.8 Å². The molecule has 1 amide bonds. The molecule has 5 atom stereocenters. The molecule has 1 aromatic heterocycles. The number of pyridine rings is 1. The van der Waals surface area contributed by atoms with Gasteiger partial charge in [0.05, 0.1) is 11.8 Å². The fraction of sp³-hybridized carbons (Fsp3) is 0.517. The third kappa shape index (κ3) is 6.06. The van der Waals surface area contributed by atoms with E-state index in [1.807, 2.05) is 18.2 Å². The number of amides is 1. The number of benzene rings is 1. The van der Waals surface area contributed by atoms with Crippen molar-refractivity contribution in [1.29, 1.82) is 0 Å². The number of fused-ring (bicyclic) bond motifs is 1. The summed E-state index contributed by atoms with van der Waals surface area (Å²) in [6.45, 7) is 11.4. The van der Waals surface area contributed by atoms with Crippen molar-refractivity contribution < 1.29 is 18.7 Å². The van der Waals surface area contributed by atoms with Crippen molar-refractivity contribution in [3.63, 3.8) is 0 Å². The highest BCUT2D eigenvalue weighted by Gasteiger charge is 2.49. The van der Waals surface area contributed by atoms with E-state index in [0.717, 1.165) is 42.5 Å². The van der Waals surface area contributed by atoms with E-state index in [9.17, 15) is 14.3 Å². The van der Waals surface area contributed by atoms with Crippen LogP contribution >= 0.6 is 0 Å². The highest BCUT2D eigenvalue weighted by molar-refractivity contribution is 6.74. The van der Waals surface area contributed by atoms with Crippen molar-refractivity contribution in [2.45, 2.75) is 76.7 Å². The number of nitrogens with one attached hydrogen (secondary N) is 1. The number of aromatic nitrogens is 1. The topological polar surface area (TPSA) is 71.5 Å². The Balaban J connectivity index is 1.53. The fourth-order valence-electron chi connectivity index (χ4n) is 5.60. The Labute approximate surface area is 215 Å². The average Bonchev–Trinajstić information content (AvgIpc) is 3.12. The van der Waals surface area contributed by atoms with Gasteiger partial charge in [-0.1, -0.05) is 45.0 Å². The predicted octanol–water partition coefficient (Wildman–Crippen LogP) is 7.36. The molecule has 2 N–H and O–H groups in total. The number of carbonyl (C=O) groups is 1. The molecule has 1 unspecified atom stereocenters. The Kier molecular flexibility index (Phi) is 7.71. The second-order valence-corrected chi connectivity index (χ2v) is 16.7. The van der Waals surface area contributed by atoms with Crippen molar-refractivity contribution >= 4 is 20.5 Å². The smallest absolute Gasteiger partial charge is 0.404 e. The summed E-state index contributed by atoms with van der Waals surface area (Å²) in [5, 5.41) is 12.0. The average molecular weight is 511 g/mol. The monoisotopic (exact) mass is 510 g/mol. The van der Waals surface area contributed by atoms with Crippen LogP contribution in [0.5, 0.6) is 0 Å². The van der Waals surface area contributed by atoms with Crippen molar-refractivity contribution in [3.05, 3.63) is 60.2 Å². The molecule has 0 radical (unpaired) electrons. The minimum atomic E-state index is -1.97. The molecular formula is C29H39FN2O3Si. The lowest BCUT2D eigenvalue weighted by molar-refractivity contribution is 0.145. The zero-order valence-corrected chi connectivity index (χ0v) is 23.0. The van der Waals surface area contributed by atoms with Gasteiger partial charge in [-0.3, -0.25) is 4.98 Å². The second-order valence-electron chi connectivity index (χ2n) is 12.0. The first kappa shape index (κ1) is 26.5. The van der Waals surface area contributed by atoms with Crippen LogP contribution in [0.15, 0.2) is 48.7 Å². The molecule has 1 aromatic carbocycles. The lowest BCUT2D eigenvalue weighted by atomic mass is 9.76. The van der Waals surface area contributed by atoms with Gasteiger partial charge in [-0.05, 0) is 85.5 Å². The largest absolute Gasteiger partial charge is 0.465 e. The molecule has 2 aliphatic rings. The number of nitrogens with zero attached hydrogens (tertiary/aromatic N) is 1. The number of hydrogen-bond acceptors (Lipinski definition) is 3.